The first-order chi connectivity index (χ1) is 13.9. The van der Waals surface area contributed by atoms with Gasteiger partial charge >= 0.3 is 0 Å². The molecule has 0 spiro atoms. The standard InChI is InChI=1S/C21H20N4O3S/c1-21(2,19(27)24-20-25-23-11-29-20)17-13-6-4-5-7-15(13)28-16-10-12(18(26)22-3)8-9-14(16)17/h4-11,17H,1-3H3,(H,22,26)(H,24,25,27). The summed E-state index contributed by atoms with van der Waals surface area (Å²) in [4.78, 5) is 25.3. The van der Waals surface area contributed by atoms with Gasteiger partial charge in [-0.1, -0.05) is 49.4 Å². The van der Waals surface area contributed by atoms with Gasteiger partial charge in [0.1, 0.15) is 17.0 Å². The van der Waals surface area contributed by atoms with Crippen LogP contribution in [0.5, 0.6) is 11.5 Å². The minimum Gasteiger partial charge on any atom is -0.457 e. The van der Waals surface area contributed by atoms with Crippen molar-refractivity contribution >= 4 is 28.3 Å². The molecule has 29 heavy (non-hydrogen) atoms. The molecule has 7 nitrogen and oxygen atoms in total. The number of nitrogens with one attached hydrogen (secondary N) is 2. The summed E-state index contributed by atoms with van der Waals surface area (Å²) in [6, 6.07) is 13.0. The highest BCUT2D eigenvalue weighted by Gasteiger charge is 2.43. The minimum absolute atomic E-state index is 0.169. The van der Waals surface area contributed by atoms with Crippen molar-refractivity contribution in [2.45, 2.75) is 19.8 Å². The lowest BCUT2D eigenvalue weighted by molar-refractivity contribution is -0.124. The first-order valence-corrected chi connectivity index (χ1v) is 10.00. The van der Waals surface area contributed by atoms with Crippen LogP contribution in [0.3, 0.4) is 0 Å². The maximum atomic E-state index is 13.2. The van der Waals surface area contributed by atoms with E-state index in [0.717, 1.165) is 11.1 Å². The maximum Gasteiger partial charge on any atom is 0.251 e. The molecule has 0 radical (unpaired) electrons. The van der Waals surface area contributed by atoms with Crippen LogP contribution in [-0.4, -0.2) is 29.1 Å². The van der Waals surface area contributed by atoms with Gasteiger partial charge in [-0.25, -0.2) is 0 Å². The summed E-state index contributed by atoms with van der Waals surface area (Å²) in [7, 11) is 1.58. The van der Waals surface area contributed by atoms with Crippen molar-refractivity contribution in [2.75, 3.05) is 12.4 Å². The lowest BCUT2D eigenvalue weighted by atomic mass is 9.69. The monoisotopic (exact) mass is 408 g/mol. The van der Waals surface area contributed by atoms with E-state index in [1.165, 1.54) is 11.3 Å². The number of benzene rings is 2. The minimum atomic E-state index is -0.825. The van der Waals surface area contributed by atoms with Gasteiger partial charge in [-0.3, -0.25) is 9.59 Å². The predicted molar refractivity (Wildman–Crippen MR) is 111 cm³/mol. The summed E-state index contributed by atoms with van der Waals surface area (Å²) in [6.07, 6.45) is 0. The van der Waals surface area contributed by atoms with Crippen LogP contribution in [0.1, 0.15) is 41.3 Å². The molecule has 1 atom stereocenters. The zero-order chi connectivity index (χ0) is 20.6. The van der Waals surface area contributed by atoms with E-state index in [1.807, 2.05) is 44.2 Å². The second-order valence-corrected chi connectivity index (χ2v) is 8.16. The van der Waals surface area contributed by atoms with E-state index in [1.54, 1.807) is 24.7 Å². The summed E-state index contributed by atoms with van der Waals surface area (Å²) < 4.78 is 6.09. The zero-order valence-electron chi connectivity index (χ0n) is 16.2. The highest BCUT2D eigenvalue weighted by molar-refractivity contribution is 7.13. The van der Waals surface area contributed by atoms with Gasteiger partial charge < -0.3 is 15.4 Å². The molecule has 0 bridgehead atoms. The second-order valence-electron chi connectivity index (χ2n) is 7.32. The zero-order valence-corrected chi connectivity index (χ0v) is 17.0. The van der Waals surface area contributed by atoms with E-state index in [2.05, 4.69) is 20.8 Å². The fraction of sp³-hybridized carbons (Fsp3) is 0.238. The molecule has 4 rings (SSSR count). The molecule has 1 aliphatic rings. The van der Waals surface area contributed by atoms with Crippen molar-refractivity contribution in [1.82, 2.24) is 15.5 Å². The molecule has 8 heteroatoms. The van der Waals surface area contributed by atoms with Crippen molar-refractivity contribution in [3.63, 3.8) is 0 Å². The van der Waals surface area contributed by atoms with Gasteiger partial charge in [-0.05, 0) is 18.2 Å². The fourth-order valence-corrected chi connectivity index (χ4v) is 4.08. The van der Waals surface area contributed by atoms with Crippen molar-refractivity contribution in [2.24, 2.45) is 5.41 Å². The Balaban J connectivity index is 1.80. The summed E-state index contributed by atoms with van der Waals surface area (Å²) >= 11 is 1.27. The van der Waals surface area contributed by atoms with Gasteiger partial charge in [0.2, 0.25) is 11.0 Å². The number of nitrogens with zero attached hydrogens (tertiary/aromatic N) is 2. The Morgan fingerprint density at radius 3 is 2.59 bits per heavy atom. The number of amides is 2. The Hall–Kier alpha value is -3.26. The fourth-order valence-electron chi connectivity index (χ4n) is 3.64. The van der Waals surface area contributed by atoms with Crippen LogP contribution in [0, 0.1) is 5.41 Å². The molecule has 2 N–H and O–H groups in total. The van der Waals surface area contributed by atoms with Gasteiger partial charge in [0.05, 0.1) is 5.41 Å². The molecular formula is C21H20N4O3S. The number of rotatable bonds is 4. The van der Waals surface area contributed by atoms with Gasteiger partial charge in [-0.2, -0.15) is 0 Å². The molecule has 1 aliphatic heterocycles. The quantitative estimate of drug-likeness (QED) is 0.685. The summed E-state index contributed by atoms with van der Waals surface area (Å²) in [5.41, 5.74) is 3.02. The third kappa shape index (κ3) is 3.36. The molecule has 0 saturated carbocycles. The lowest BCUT2D eigenvalue weighted by Gasteiger charge is -2.38. The topological polar surface area (TPSA) is 93.2 Å². The Morgan fingerprint density at radius 1 is 1.10 bits per heavy atom. The van der Waals surface area contributed by atoms with E-state index in [-0.39, 0.29) is 17.7 Å². The molecule has 0 saturated heterocycles. The number of ether oxygens (including phenoxy) is 1. The molecular weight excluding hydrogens is 388 g/mol. The molecule has 2 amide bonds. The number of hydrogen-bond donors (Lipinski definition) is 2. The normalized spacial score (nSPS) is 14.9. The molecule has 0 fully saturated rings. The van der Waals surface area contributed by atoms with E-state index in [0.29, 0.717) is 22.2 Å². The van der Waals surface area contributed by atoms with Crippen molar-refractivity contribution in [3.8, 4) is 11.5 Å². The molecule has 0 aliphatic carbocycles. The lowest BCUT2D eigenvalue weighted by Crippen LogP contribution is -2.38. The SMILES string of the molecule is CNC(=O)c1ccc2c(c1)Oc1ccccc1C2C(C)(C)C(=O)Nc1nncs1. The smallest absolute Gasteiger partial charge is 0.251 e. The maximum absolute atomic E-state index is 13.2. The number of carbonyl (C=O) groups excluding carboxylic acids is 2. The Labute approximate surface area is 172 Å². The van der Waals surface area contributed by atoms with Crippen molar-refractivity contribution < 1.29 is 14.3 Å². The van der Waals surface area contributed by atoms with Gasteiger partial charge in [0.25, 0.3) is 5.91 Å². The first-order valence-electron chi connectivity index (χ1n) is 9.12. The van der Waals surface area contributed by atoms with E-state index in [4.69, 9.17) is 4.74 Å². The Kier molecular flexibility index (Phi) is 4.79. The van der Waals surface area contributed by atoms with Crippen LogP contribution >= 0.6 is 11.3 Å². The second kappa shape index (κ2) is 7.29. The van der Waals surface area contributed by atoms with Crippen LogP contribution in [0.4, 0.5) is 5.13 Å². The average molecular weight is 408 g/mol. The van der Waals surface area contributed by atoms with Gasteiger partial charge in [0.15, 0.2) is 0 Å². The van der Waals surface area contributed by atoms with Crippen LogP contribution < -0.4 is 15.4 Å². The van der Waals surface area contributed by atoms with Crippen LogP contribution in [0.15, 0.2) is 48.0 Å². The van der Waals surface area contributed by atoms with Gasteiger partial charge in [0, 0.05) is 29.7 Å². The molecule has 2 heterocycles. The predicted octanol–water partition coefficient (Wildman–Crippen LogP) is 3.80. The Bertz CT molecular complexity index is 1080. The van der Waals surface area contributed by atoms with E-state index >= 15 is 0 Å². The van der Waals surface area contributed by atoms with E-state index < -0.39 is 5.41 Å². The number of fused-ring (bicyclic) bond motifs is 2. The molecule has 1 unspecified atom stereocenters. The van der Waals surface area contributed by atoms with Crippen LogP contribution in [-0.2, 0) is 4.79 Å². The van der Waals surface area contributed by atoms with Crippen LogP contribution in [0.25, 0.3) is 0 Å². The summed E-state index contributed by atoms with van der Waals surface area (Å²) in [6.45, 7) is 3.79. The van der Waals surface area contributed by atoms with E-state index in [9.17, 15) is 9.59 Å². The highest BCUT2D eigenvalue weighted by Crippen LogP contribution is 2.52. The molecule has 148 valence electrons. The third-order valence-corrected chi connectivity index (χ3v) is 5.76. The first kappa shape index (κ1) is 19.1. The average Bonchev–Trinajstić information content (AvgIpc) is 3.23. The molecule has 1 aromatic heterocycles. The van der Waals surface area contributed by atoms with Crippen molar-refractivity contribution in [1.29, 1.82) is 0 Å². The number of para-hydroxylation sites is 1. The van der Waals surface area contributed by atoms with Crippen molar-refractivity contribution in [3.05, 3.63) is 64.7 Å². The number of aromatic nitrogens is 2. The largest absolute Gasteiger partial charge is 0.457 e. The molecule has 2 aromatic carbocycles. The number of carbonyl (C=O) groups is 2. The number of anilines is 1. The van der Waals surface area contributed by atoms with Gasteiger partial charge in [-0.15, -0.1) is 10.2 Å². The van der Waals surface area contributed by atoms with Crippen LogP contribution in [0.2, 0.25) is 0 Å². The summed E-state index contributed by atoms with van der Waals surface area (Å²) in [5, 5.41) is 13.6. The third-order valence-electron chi connectivity index (χ3n) is 5.15. The highest BCUT2D eigenvalue weighted by atomic mass is 32.1. The number of hydrogen-bond acceptors (Lipinski definition) is 6. The Morgan fingerprint density at radius 2 is 1.86 bits per heavy atom. The summed E-state index contributed by atoms with van der Waals surface area (Å²) in [5.74, 6) is 0.619. The molecule has 3 aromatic rings.